The highest BCUT2D eigenvalue weighted by molar-refractivity contribution is 7.71. The van der Waals surface area contributed by atoms with Gasteiger partial charge >= 0.3 is 0 Å². The second kappa shape index (κ2) is 3.60. The smallest absolute Gasteiger partial charge is 0.178 e. The lowest BCUT2D eigenvalue weighted by Gasteiger charge is -2.40. The minimum Gasteiger partial charge on any atom is -0.494 e. The van der Waals surface area contributed by atoms with E-state index in [1.807, 2.05) is 12.1 Å². The summed E-state index contributed by atoms with van der Waals surface area (Å²) in [5.74, 6) is 0.857. The lowest BCUT2D eigenvalue weighted by molar-refractivity contribution is 0.172. The molecule has 0 spiro atoms. The van der Waals surface area contributed by atoms with E-state index < -0.39 is 0 Å². The Morgan fingerprint density at radius 2 is 2.18 bits per heavy atom. The zero-order valence-corrected chi connectivity index (χ0v) is 10.9. The molecule has 0 radical (unpaired) electrons. The molecule has 2 aromatic rings. The molecule has 1 fully saturated rings. The first kappa shape index (κ1) is 10.8. The summed E-state index contributed by atoms with van der Waals surface area (Å²) < 4.78 is 8.42. The molecule has 1 aliphatic rings. The summed E-state index contributed by atoms with van der Waals surface area (Å²) in [7, 11) is 1.69. The minimum absolute atomic E-state index is 0.182. The molecule has 1 heterocycles. The molecule has 90 valence electrons. The van der Waals surface area contributed by atoms with Crippen molar-refractivity contribution < 1.29 is 4.74 Å². The number of imidazole rings is 1. The maximum absolute atomic E-state index is 5.46. The van der Waals surface area contributed by atoms with E-state index in [2.05, 4.69) is 22.5 Å². The van der Waals surface area contributed by atoms with Gasteiger partial charge in [-0.1, -0.05) is 6.07 Å². The quantitative estimate of drug-likeness (QED) is 0.823. The fourth-order valence-corrected chi connectivity index (χ4v) is 3.14. The molecular formula is C13H16N2OS. The summed E-state index contributed by atoms with van der Waals surface area (Å²) in [6.07, 6.45) is 3.69. The molecule has 17 heavy (non-hydrogen) atoms. The van der Waals surface area contributed by atoms with Crippen LogP contribution in [0.5, 0.6) is 5.75 Å². The number of nitrogens with one attached hydrogen (secondary N) is 1. The van der Waals surface area contributed by atoms with E-state index in [-0.39, 0.29) is 5.54 Å². The van der Waals surface area contributed by atoms with Crippen molar-refractivity contribution >= 4 is 23.3 Å². The number of aromatic amines is 1. The molecule has 1 aromatic carbocycles. The Kier molecular flexibility index (Phi) is 2.30. The van der Waals surface area contributed by atoms with E-state index in [1.165, 1.54) is 19.3 Å². The summed E-state index contributed by atoms with van der Waals surface area (Å²) in [6, 6.07) is 6.08. The van der Waals surface area contributed by atoms with Crippen LogP contribution < -0.4 is 4.74 Å². The number of aromatic nitrogens is 2. The fraction of sp³-hybridized carbons (Fsp3) is 0.462. The number of hydrogen-bond acceptors (Lipinski definition) is 2. The van der Waals surface area contributed by atoms with Gasteiger partial charge in [0.15, 0.2) is 4.77 Å². The van der Waals surface area contributed by atoms with Gasteiger partial charge in [-0.25, -0.2) is 0 Å². The highest BCUT2D eigenvalue weighted by Gasteiger charge is 2.35. The molecule has 4 heteroatoms. The molecule has 0 unspecified atom stereocenters. The maximum Gasteiger partial charge on any atom is 0.178 e. The summed E-state index contributed by atoms with van der Waals surface area (Å²) in [5.41, 5.74) is 2.34. The van der Waals surface area contributed by atoms with Crippen molar-refractivity contribution in [2.24, 2.45) is 0 Å². The van der Waals surface area contributed by atoms with Crippen molar-refractivity contribution in [3.05, 3.63) is 23.0 Å². The average molecular weight is 248 g/mol. The van der Waals surface area contributed by atoms with Gasteiger partial charge in [0, 0.05) is 5.54 Å². The largest absolute Gasteiger partial charge is 0.494 e. The van der Waals surface area contributed by atoms with Crippen molar-refractivity contribution in [3.63, 3.8) is 0 Å². The fourth-order valence-electron chi connectivity index (χ4n) is 2.72. The Hall–Kier alpha value is -1.29. The molecule has 0 atom stereocenters. The minimum atomic E-state index is 0.182. The van der Waals surface area contributed by atoms with Crippen LogP contribution >= 0.6 is 12.2 Å². The van der Waals surface area contributed by atoms with Crippen molar-refractivity contribution in [1.29, 1.82) is 0 Å². The Bertz CT molecular complexity index is 622. The van der Waals surface area contributed by atoms with Crippen LogP contribution in [0.1, 0.15) is 26.2 Å². The van der Waals surface area contributed by atoms with E-state index >= 15 is 0 Å². The molecule has 3 rings (SSSR count). The number of para-hydroxylation sites is 1. The summed E-state index contributed by atoms with van der Waals surface area (Å²) >= 11 is 5.46. The van der Waals surface area contributed by atoms with E-state index in [0.717, 1.165) is 21.6 Å². The zero-order chi connectivity index (χ0) is 12.0. The summed E-state index contributed by atoms with van der Waals surface area (Å²) in [6.45, 7) is 2.28. The van der Waals surface area contributed by atoms with Crippen LogP contribution in [0.15, 0.2) is 18.2 Å². The molecule has 3 nitrogen and oxygen atoms in total. The predicted octanol–water partition coefficient (Wildman–Crippen LogP) is 3.61. The molecule has 0 bridgehead atoms. The lowest BCUT2D eigenvalue weighted by atomic mass is 9.78. The number of rotatable bonds is 2. The Balaban J connectivity index is 2.32. The normalized spacial score (nSPS) is 18.0. The monoisotopic (exact) mass is 248 g/mol. The van der Waals surface area contributed by atoms with E-state index in [9.17, 15) is 0 Å². The third kappa shape index (κ3) is 1.43. The van der Waals surface area contributed by atoms with Crippen molar-refractivity contribution in [3.8, 4) is 5.75 Å². The Labute approximate surface area is 105 Å². The summed E-state index contributed by atoms with van der Waals surface area (Å²) in [4.78, 5) is 3.27. The Morgan fingerprint density at radius 3 is 2.76 bits per heavy atom. The van der Waals surface area contributed by atoms with Crippen molar-refractivity contribution in [2.75, 3.05) is 7.11 Å². The number of benzene rings is 1. The molecule has 1 aliphatic carbocycles. The molecule has 0 amide bonds. The van der Waals surface area contributed by atoms with Gasteiger partial charge in [-0.15, -0.1) is 0 Å². The first-order valence-corrected chi connectivity index (χ1v) is 6.35. The molecule has 0 saturated heterocycles. The highest BCUT2D eigenvalue weighted by Crippen LogP contribution is 2.41. The Morgan fingerprint density at radius 1 is 1.41 bits per heavy atom. The number of hydrogen-bond donors (Lipinski definition) is 1. The number of fused-ring (bicyclic) bond motifs is 1. The van der Waals surface area contributed by atoms with Crippen LogP contribution in [0.2, 0.25) is 0 Å². The SMILES string of the molecule is COc1cccc2c1[nH]c(=S)n2C1(C)CCC1. The van der Waals surface area contributed by atoms with Crippen LogP contribution in [-0.2, 0) is 5.54 Å². The van der Waals surface area contributed by atoms with Crippen LogP contribution in [-0.4, -0.2) is 16.7 Å². The molecule has 1 N–H and O–H groups in total. The van der Waals surface area contributed by atoms with Crippen LogP contribution in [0.3, 0.4) is 0 Å². The van der Waals surface area contributed by atoms with Crippen LogP contribution in [0.4, 0.5) is 0 Å². The number of nitrogens with zero attached hydrogens (tertiary/aromatic N) is 1. The molecule has 0 aliphatic heterocycles. The first-order chi connectivity index (χ1) is 8.15. The van der Waals surface area contributed by atoms with Gasteiger partial charge in [0.2, 0.25) is 0 Å². The van der Waals surface area contributed by atoms with Gasteiger partial charge < -0.3 is 14.3 Å². The van der Waals surface area contributed by atoms with Gasteiger partial charge in [-0.2, -0.15) is 0 Å². The lowest BCUT2D eigenvalue weighted by Crippen LogP contribution is -2.37. The van der Waals surface area contributed by atoms with Gasteiger partial charge in [-0.3, -0.25) is 0 Å². The predicted molar refractivity (Wildman–Crippen MR) is 71.2 cm³/mol. The molecule has 1 aromatic heterocycles. The van der Waals surface area contributed by atoms with E-state index in [0.29, 0.717) is 0 Å². The van der Waals surface area contributed by atoms with Crippen LogP contribution in [0, 0.1) is 4.77 Å². The highest BCUT2D eigenvalue weighted by atomic mass is 32.1. The first-order valence-electron chi connectivity index (χ1n) is 5.94. The number of H-pyrrole nitrogens is 1. The molecule has 1 saturated carbocycles. The van der Waals surface area contributed by atoms with Crippen molar-refractivity contribution in [2.45, 2.75) is 31.7 Å². The van der Waals surface area contributed by atoms with Gasteiger partial charge in [0.05, 0.1) is 12.6 Å². The average Bonchev–Trinajstić information content (AvgIpc) is 2.62. The van der Waals surface area contributed by atoms with E-state index in [4.69, 9.17) is 17.0 Å². The standard InChI is InChI=1S/C13H16N2OS/c1-13(7-4-8-13)15-9-5-3-6-10(16-2)11(9)14-12(15)17/h3,5-6H,4,7-8H2,1-2H3,(H,14,17). The van der Waals surface area contributed by atoms with Gasteiger partial charge in [0.1, 0.15) is 11.3 Å². The van der Waals surface area contributed by atoms with E-state index in [1.54, 1.807) is 7.11 Å². The molecular weight excluding hydrogens is 232 g/mol. The third-order valence-electron chi connectivity index (χ3n) is 3.87. The maximum atomic E-state index is 5.46. The number of methoxy groups -OCH3 is 1. The second-order valence-corrected chi connectivity index (χ2v) is 5.36. The third-order valence-corrected chi connectivity index (χ3v) is 4.16. The summed E-state index contributed by atoms with van der Waals surface area (Å²) in [5, 5.41) is 0. The number of ether oxygens (including phenoxy) is 1. The van der Waals surface area contributed by atoms with Crippen molar-refractivity contribution in [1.82, 2.24) is 9.55 Å². The topological polar surface area (TPSA) is 29.9 Å². The zero-order valence-electron chi connectivity index (χ0n) is 10.1. The van der Waals surface area contributed by atoms with Gasteiger partial charge in [0.25, 0.3) is 0 Å². The second-order valence-electron chi connectivity index (χ2n) is 4.97. The van der Waals surface area contributed by atoms with Gasteiger partial charge in [-0.05, 0) is 50.5 Å². The van der Waals surface area contributed by atoms with Crippen LogP contribution in [0.25, 0.3) is 11.0 Å².